The van der Waals surface area contributed by atoms with Crippen LogP contribution in [0.1, 0.15) is 38.4 Å². The maximum atomic E-state index is 12.2. The molecule has 0 amide bonds. The van der Waals surface area contributed by atoms with Crippen LogP contribution in [-0.2, 0) is 9.53 Å². The van der Waals surface area contributed by atoms with Gasteiger partial charge in [0.05, 0.1) is 0 Å². The summed E-state index contributed by atoms with van der Waals surface area (Å²) >= 11 is 5.88. The van der Waals surface area contributed by atoms with E-state index >= 15 is 0 Å². The standard InChI is InChI=1S/C16H22ClNO3/c1-16(2,12-6-8-18-9-7-12)21-15(20)14(19)11-4-3-5-13(17)10-11/h3-5,10,12,14,18-19H,6-9H2,1-2H3. The maximum absolute atomic E-state index is 12.2. The second-order valence-electron chi connectivity index (χ2n) is 6.01. The molecule has 2 rings (SSSR count). The molecule has 0 radical (unpaired) electrons. The van der Waals surface area contributed by atoms with Gasteiger partial charge >= 0.3 is 5.97 Å². The van der Waals surface area contributed by atoms with Crippen LogP contribution in [0.4, 0.5) is 0 Å². The minimum Gasteiger partial charge on any atom is -0.457 e. The molecule has 1 unspecified atom stereocenters. The number of benzene rings is 1. The number of hydrogen-bond acceptors (Lipinski definition) is 4. The van der Waals surface area contributed by atoms with Crippen molar-refractivity contribution in [1.82, 2.24) is 5.32 Å². The minimum atomic E-state index is -1.30. The van der Waals surface area contributed by atoms with E-state index in [0.29, 0.717) is 16.5 Å². The van der Waals surface area contributed by atoms with Gasteiger partial charge in [0.15, 0.2) is 6.10 Å². The van der Waals surface area contributed by atoms with Crippen molar-refractivity contribution < 1.29 is 14.6 Å². The van der Waals surface area contributed by atoms with E-state index in [2.05, 4.69) is 5.32 Å². The molecule has 1 aliphatic rings. The molecule has 1 aliphatic heterocycles. The molecule has 0 aromatic heterocycles. The van der Waals surface area contributed by atoms with Crippen molar-refractivity contribution in [3.8, 4) is 0 Å². The lowest BCUT2D eigenvalue weighted by Crippen LogP contribution is -2.43. The fourth-order valence-corrected chi connectivity index (χ4v) is 2.93. The minimum absolute atomic E-state index is 0.300. The number of aliphatic hydroxyl groups is 1. The number of carbonyl (C=O) groups excluding carboxylic acids is 1. The summed E-state index contributed by atoms with van der Waals surface area (Å²) in [4.78, 5) is 12.2. The van der Waals surface area contributed by atoms with Gasteiger partial charge in [-0.15, -0.1) is 0 Å². The van der Waals surface area contributed by atoms with Crippen LogP contribution in [0.25, 0.3) is 0 Å². The van der Waals surface area contributed by atoms with Gasteiger partial charge in [-0.1, -0.05) is 23.7 Å². The number of hydrogen-bond donors (Lipinski definition) is 2. The molecule has 1 fully saturated rings. The van der Waals surface area contributed by atoms with E-state index in [0.717, 1.165) is 25.9 Å². The fourth-order valence-electron chi connectivity index (χ4n) is 2.73. The van der Waals surface area contributed by atoms with Crippen LogP contribution in [0.2, 0.25) is 5.02 Å². The zero-order chi connectivity index (χ0) is 15.5. The molecule has 5 heteroatoms. The first-order valence-electron chi connectivity index (χ1n) is 7.27. The van der Waals surface area contributed by atoms with Crippen molar-refractivity contribution >= 4 is 17.6 Å². The molecule has 2 N–H and O–H groups in total. The zero-order valence-corrected chi connectivity index (χ0v) is 13.2. The zero-order valence-electron chi connectivity index (χ0n) is 12.4. The van der Waals surface area contributed by atoms with Crippen LogP contribution >= 0.6 is 11.6 Å². The summed E-state index contributed by atoms with van der Waals surface area (Å²) in [5.41, 5.74) is -0.132. The van der Waals surface area contributed by atoms with E-state index < -0.39 is 17.7 Å². The van der Waals surface area contributed by atoms with E-state index in [4.69, 9.17) is 16.3 Å². The Hall–Kier alpha value is -1.10. The van der Waals surface area contributed by atoms with Gasteiger partial charge in [0.1, 0.15) is 5.60 Å². The number of aliphatic hydroxyl groups excluding tert-OH is 1. The fraction of sp³-hybridized carbons (Fsp3) is 0.562. The summed E-state index contributed by atoms with van der Waals surface area (Å²) in [6.07, 6.45) is 0.630. The molecule has 1 saturated heterocycles. The molecule has 1 aromatic rings. The van der Waals surface area contributed by atoms with E-state index in [1.165, 1.54) is 0 Å². The monoisotopic (exact) mass is 311 g/mol. The van der Waals surface area contributed by atoms with Crippen molar-refractivity contribution in [2.45, 2.75) is 38.4 Å². The van der Waals surface area contributed by atoms with E-state index in [-0.39, 0.29) is 0 Å². The molecule has 21 heavy (non-hydrogen) atoms. The molecule has 0 spiro atoms. The van der Waals surface area contributed by atoms with E-state index in [1.54, 1.807) is 24.3 Å². The molecule has 1 heterocycles. The molecular formula is C16H22ClNO3. The van der Waals surface area contributed by atoms with Crippen LogP contribution in [-0.4, -0.2) is 29.8 Å². The molecule has 0 bridgehead atoms. The lowest BCUT2D eigenvalue weighted by Gasteiger charge is -2.37. The molecule has 0 saturated carbocycles. The Bertz CT molecular complexity index is 498. The van der Waals surface area contributed by atoms with Crippen LogP contribution < -0.4 is 5.32 Å². The smallest absolute Gasteiger partial charge is 0.340 e. The normalized spacial score (nSPS) is 18.3. The molecule has 0 aliphatic carbocycles. The van der Waals surface area contributed by atoms with Gasteiger partial charge in [0, 0.05) is 10.9 Å². The first-order valence-corrected chi connectivity index (χ1v) is 7.65. The Balaban J connectivity index is 2.02. The van der Waals surface area contributed by atoms with Gasteiger partial charge in [-0.2, -0.15) is 0 Å². The SMILES string of the molecule is CC(C)(OC(=O)C(O)c1cccc(Cl)c1)C1CCNCC1. The van der Waals surface area contributed by atoms with Crippen LogP contribution in [0.3, 0.4) is 0 Å². The number of carbonyl (C=O) groups is 1. The predicted molar refractivity (Wildman–Crippen MR) is 82.2 cm³/mol. The third-order valence-corrected chi connectivity index (χ3v) is 4.31. The van der Waals surface area contributed by atoms with Crippen LogP contribution in [0.15, 0.2) is 24.3 Å². The quantitative estimate of drug-likeness (QED) is 0.839. The summed E-state index contributed by atoms with van der Waals surface area (Å²) in [5, 5.41) is 13.9. The van der Waals surface area contributed by atoms with Crippen molar-refractivity contribution in [2.75, 3.05) is 13.1 Å². The van der Waals surface area contributed by atoms with E-state index in [9.17, 15) is 9.90 Å². The maximum Gasteiger partial charge on any atom is 0.340 e. The number of nitrogens with one attached hydrogen (secondary N) is 1. The Morgan fingerprint density at radius 2 is 2.10 bits per heavy atom. The van der Waals surface area contributed by atoms with Gasteiger partial charge in [0.25, 0.3) is 0 Å². The third-order valence-electron chi connectivity index (χ3n) is 4.07. The Kier molecular flexibility index (Phi) is 5.25. The van der Waals surface area contributed by atoms with Crippen molar-refractivity contribution in [2.24, 2.45) is 5.92 Å². The highest BCUT2D eigenvalue weighted by Crippen LogP contribution is 2.31. The molecule has 116 valence electrons. The highest BCUT2D eigenvalue weighted by molar-refractivity contribution is 6.30. The predicted octanol–water partition coefficient (Wildman–Crippen LogP) is 2.69. The Morgan fingerprint density at radius 3 is 2.71 bits per heavy atom. The third kappa shape index (κ3) is 4.19. The highest BCUT2D eigenvalue weighted by Gasteiger charge is 2.36. The van der Waals surface area contributed by atoms with E-state index in [1.807, 2.05) is 13.8 Å². The molecule has 4 nitrogen and oxygen atoms in total. The van der Waals surface area contributed by atoms with Crippen molar-refractivity contribution in [1.29, 1.82) is 0 Å². The second kappa shape index (κ2) is 6.77. The molecule has 1 aromatic carbocycles. The topological polar surface area (TPSA) is 58.6 Å². The lowest BCUT2D eigenvalue weighted by atomic mass is 9.83. The van der Waals surface area contributed by atoms with Crippen LogP contribution in [0.5, 0.6) is 0 Å². The Morgan fingerprint density at radius 1 is 1.43 bits per heavy atom. The lowest BCUT2D eigenvalue weighted by molar-refractivity contribution is -0.173. The van der Waals surface area contributed by atoms with Crippen LogP contribution in [0, 0.1) is 5.92 Å². The van der Waals surface area contributed by atoms with Gasteiger partial charge in [-0.25, -0.2) is 4.79 Å². The van der Waals surface area contributed by atoms with Crippen molar-refractivity contribution in [3.05, 3.63) is 34.9 Å². The summed E-state index contributed by atoms with van der Waals surface area (Å²) < 4.78 is 5.57. The van der Waals surface area contributed by atoms with Crippen molar-refractivity contribution in [3.63, 3.8) is 0 Å². The highest BCUT2D eigenvalue weighted by atomic mass is 35.5. The summed E-state index contributed by atoms with van der Waals surface area (Å²) in [6, 6.07) is 6.63. The molecule has 1 atom stereocenters. The average Bonchev–Trinajstić information content (AvgIpc) is 2.47. The largest absolute Gasteiger partial charge is 0.457 e. The summed E-state index contributed by atoms with van der Waals surface area (Å²) in [6.45, 7) is 5.68. The number of rotatable bonds is 4. The second-order valence-corrected chi connectivity index (χ2v) is 6.44. The Labute approximate surface area is 130 Å². The summed E-state index contributed by atoms with van der Waals surface area (Å²) in [5.74, 6) is -0.324. The number of ether oxygens (including phenoxy) is 1. The number of halogens is 1. The summed E-state index contributed by atoms with van der Waals surface area (Å²) in [7, 11) is 0. The van der Waals surface area contributed by atoms with Gasteiger partial charge < -0.3 is 15.2 Å². The molecular weight excluding hydrogens is 290 g/mol. The van der Waals surface area contributed by atoms with Gasteiger partial charge in [-0.3, -0.25) is 0 Å². The van der Waals surface area contributed by atoms with Gasteiger partial charge in [0.2, 0.25) is 0 Å². The average molecular weight is 312 g/mol. The first-order chi connectivity index (χ1) is 9.90. The number of esters is 1. The first kappa shape index (κ1) is 16.3. The van der Waals surface area contributed by atoms with Gasteiger partial charge in [-0.05, 0) is 57.5 Å². The number of piperidine rings is 1.